The van der Waals surface area contributed by atoms with Gasteiger partial charge < -0.3 is 15.3 Å². The molecular weight excluding hydrogens is 180 g/mol. The first kappa shape index (κ1) is 10.7. The molecule has 0 aromatic carbocycles. The molecule has 78 valence electrons. The Kier molecular flexibility index (Phi) is 3.64. The average Bonchev–Trinajstić information content (AvgIpc) is 2.18. The number of aliphatic hydroxyl groups excluding tert-OH is 1. The summed E-state index contributed by atoms with van der Waals surface area (Å²) in [7, 11) is 3.77. The molecule has 0 saturated carbocycles. The van der Waals surface area contributed by atoms with E-state index in [0.717, 1.165) is 5.82 Å². The molecule has 1 atom stereocenters. The predicted molar refractivity (Wildman–Crippen MR) is 56.5 cm³/mol. The number of nitrogens with one attached hydrogen (secondary N) is 1. The smallest absolute Gasteiger partial charge is 0.226 e. The van der Waals surface area contributed by atoms with Gasteiger partial charge in [0.05, 0.1) is 6.61 Å². The van der Waals surface area contributed by atoms with Crippen molar-refractivity contribution in [2.75, 3.05) is 30.9 Å². The van der Waals surface area contributed by atoms with Gasteiger partial charge in [0.2, 0.25) is 5.95 Å². The van der Waals surface area contributed by atoms with E-state index in [9.17, 15) is 0 Å². The van der Waals surface area contributed by atoms with Gasteiger partial charge in [-0.1, -0.05) is 0 Å². The number of aromatic nitrogens is 2. The van der Waals surface area contributed by atoms with Crippen molar-refractivity contribution in [3.8, 4) is 0 Å². The van der Waals surface area contributed by atoms with E-state index in [4.69, 9.17) is 5.11 Å². The fraction of sp³-hybridized carbons (Fsp3) is 0.556. The monoisotopic (exact) mass is 196 g/mol. The van der Waals surface area contributed by atoms with E-state index >= 15 is 0 Å². The maximum Gasteiger partial charge on any atom is 0.226 e. The zero-order chi connectivity index (χ0) is 10.6. The lowest BCUT2D eigenvalue weighted by Crippen LogP contribution is -2.21. The molecule has 0 aliphatic heterocycles. The molecule has 5 heteroatoms. The van der Waals surface area contributed by atoms with Crippen LogP contribution in [-0.2, 0) is 0 Å². The van der Waals surface area contributed by atoms with Crippen molar-refractivity contribution < 1.29 is 5.11 Å². The second-order valence-corrected chi connectivity index (χ2v) is 3.36. The van der Waals surface area contributed by atoms with Crippen molar-refractivity contribution in [2.24, 2.45) is 0 Å². The molecule has 2 N–H and O–H groups in total. The van der Waals surface area contributed by atoms with Crippen molar-refractivity contribution in [3.05, 3.63) is 12.3 Å². The molecule has 0 bridgehead atoms. The van der Waals surface area contributed by atoms with Gasteiger partial charge in [-0.15, -0.1) is 0 Å². The lowest BCUT2D eigenvalue weighted by atomic mass is 10.3. The maximum absolute atomic E-state index is 8.86. The molecule has 1 aromatic rings. The number of anilines is 2. The number of rotatable bonds is 4. The van der Waals surface area contributed by atoms with Crippen molar-refractivity contribution in [1.29, 1.82) is 0 Å². The van der Waals surface area contributed by atoms with Crippen LogP contribution in [0.3, 0.4) is 0 Å². The Morgan fingerprint density at radius 3 is 2.86 bits per heavy atom. The van der Waals surface area contributed by atoms with Crippen molar-refractivity contribution in [2.45, 2.75) is 13.0 Å². The van der Waals surface area contributed by atoms with Gasteiger partial charge in [0, 0.05) is 26.3 Å². The minimum absolute atomic E-state index is 0.0000813. The Morgan fingerprint density at radius 1 is 1.57 bits per heavy atom. The van der Waals surface area contributed by atoms with Crippen LogP contribution in [0.25, 0.3) is 0 Å². The van der Waals surface area contributed by atoms with E-state index < -0.39 is 0 Å². The van der Waals surface area contributed by atoms with Crippen LogP contribution in [0.1, 0.15) is 6.92 Å². The minimum atomic E-state index is -0.0000813. The van der Waals surface area contributed by atoms with Crippen molar-refractivity contribution in [3.63, 3.8) is 0 Å². The third-order valence-electron chi connectivity index (χ3n) is 1.71. The average molecular weight is 196 g/mol. The highest BCUT2D eigenvalue weighted by atomic mass is 16.3. The van der Waals surface area contributed by atoms with E-state index in [1.54, 1.807) is 12.3 Å². The van der Waals surface area contributed by atoms with E-state index in [-0.39, 0.29) is 12.6 Å². The van der Waals surface area contributed by atoms with Crippen molar-refractivity contribution in [1.82, 2.24) is 9.97 Å². The molecular formula is C9H16N4O. The van der Waals surface area contributed by atoms with Gasteiger partial charge in [-0.05, 0) is 13.0 Å². The van der Waals surface area contributed by atoms with E-state index in [1.807, 2.05) is 25.9 Å². The standard InChI is InChI=1S/C9H16N4O/c1-7(6-14)11-8-4-5-10-9(12-8)13(2)3/h4-5,7,14H,6H2,1-3H3,(H,10,11,12). The van der Waals surface area contributed by atoms with Crippen LogP contribution >= 0.6 is 0 Å². The summed E-state index contributed by atoms with van der Waals surface area (Å²) in [4.78, 5) is 10.2. The highest BCUT2D eigenvalue weighted by molar-refractivity contribution is 5.40. The highest BCUT2D eigenvalue weighted by Gasteiger charge is 2.03. The Labute approximate surface area is 83.8 Å². The van der Waals surface area contributed by atoms with Gasteiger partial charge in [0.15, 0.2) is 0 Å². The third kappa shape index (κ3) is 2.85. The summed E-state index contributed by atoms with van der Waals surface area (Å²) in [6.45, 7) is 1.97. The molecule has 0 fully saturated rings. The summed E-state index contributed by atoms with van der Waals surface area (Å²) in [6, 6.07) is 1.78. The van der Waals surface area contributed by atoms with Gasteiger partial charge in [0.1, 0.15) is 5.82 Å². The highest BCUT2D eigenvalue weighted by Crippen LogP contribution is 2.08. The SMILES string of the molecule is CC(CO)Nc1ccnc(N(C)C)n1. The topological polar surface area (TPSA) is 61.3 Å². The molecule has 0 spiro atoms. The number of nitrogens with zero attached hydrogens (tertiary/aromatic N) is 3. The Morgan fingerprint density at radius 2 is 2.29 bits per heavy atom. The van der Waals surface area contributed by atoms with Crippen LogP contribution in [0.2, 0.25) is 0 Å². The van der Waals surface area contributed by atoms with Gasteiger partial charge in [-0.2, -0.15) is 4.98 Å². The summed E-state index contributed by atoms with van der Waals surface area (Å²) in [5.41, 5.74) is 0. The zero-order valence-corrected chi connectivity index (χ0v) is 8.73. The van der Waals surface area contributed by atoms with Gasteiger partial charge in [-0.25, -0.2) is 4.98 Å². The van der Waals surface area contributed by atoms with E-state index in [1.165, 1.54) is 0 Å². The molecule has 1 aromatic heterocycles. The molecule has 1 heterocycles. The summed E-state index contributed by atoms with van der Waals surface area (Å²) in [5.74, 6) is 1.38. The predicted octanol–water partition coefficient (Wildman–Crippen LogP) is 0.335. The maximum atomic E-state index is 8.86. The molecule has 1 rings (SSSR count). The lowest BCUT2D eigenvalue weighted by Gasteiger charge is -2.14. The molecule has 14 heavy (non-hydrogen) atoms. The van der Waals surface area contributed by atoms with E-state index in [2.05, 4.69) is 15.3 Å². The minimum Gasteiger partial charge on any atom is -0.394 e. The molecule has 1 unspecified atom stereocenters. The summed E-state index contributed by atoms with van der Waals surface area (Å²) in [6.07, 6.45) is 1.69. The van der Waals surface area contributed by atoms with Gasteiger partial charge in [0.25, 0.3) is 0 Å². The van der Waals surface area contributed by atoms with Gasteiger partial charge in [-0.3, -0.25) is 0 Å². The molecule has 0 amide bonds. The second-order valence-electron chi connectivity index (χ2n) is 3.36. The number of aliphatic hydroxyl groups is 1. The van der Waals surface area contributed by atoms with Crippen LogP contribution < -0.4 is 10.2 Å². The van der Waals surface area contributed by atoms with Crippen LogP contribution in [-0.4, -0.2) is 41.8 Å². The zero-order valence-electron chi connectivity index (χ0n) is 8.73. The largest absolute Gasteiger partial charge is 0.394 e. The third-order valence-corrected chi connectivity index (χ3v) is 1.71. The van der Waals surface area contributed by atoms with Crippen molar-refractivity contribution >= 4 is 11.8 Å². The summed E-state index contributed by atoms with van der Waals surface area (Å²) >= 11 is 0. The molecule has 5 nitrogen and oxygen atoms in total. The second kappa shape index (κ2) is 4.76. The number of hydrogen-bond donors (Lipinski definition) is 2. The van der Waals surface area contributed by atoms with Crippen LogP contribution in [0.15, 0.2) is 12.3 Å². The molecule has 0 aliphatic rings. The van der Waals surface area contributed by atoms with Gasteiger partial charge >= 0.3 is 0 Å². The van der Waals surface area contributed by atoms with Crippen LogP contribution in [0.5, 0.6) is 0 Å². The quantitative estimate of drug-likeness (QED) is 0.727. The Hall–Kier alpha value is -1.36. The normalized spacial score (nSPS) is 12.3. The fourth-order valence-electron chi connectivity index (χ4n) is 0.942. The van der Waals surface area contributed by atoms with Crippen LogP contribution in [0.4, 0.5) is 11.8 Å². The fourth-order valence-corrected chi connectivity index (χ4v) is 0.942. The first-order valence-corrected chi connectivity index (χ1v) is 4.51. The summed E-state index contributed by atoms with van der Waals surface area (Å²) < 4.78 is 0. The molecule has 0 saturated heterocycles. The van der Waals surface area contributed by atoms with E-state index in [0.29, 0.717) is 5.95 Å². The first-order valence-electron chi connectivity index (χ1n) is 4.51. The first-order chi connectivity index (χ1) is 6.63. The Balaban J connectivity index is 2.73. The summed E-state index contributed by atoms with van der Waals surface area (Å²) in [5, 5.41) is 11.9. The lowest BCUT2D eigenvalue weighted by molar-refractivity contribution is 0.281. The molecule has 0 radical (unpaired) electrons. The molecule has 0 aliphatic carbocycles. The Bertz CT molecular complexity index is 290. The van der Waals surface area contributed by atoms with Crippen LogP contribution in [0, 0.1) is 0 Å². The number of hydrogen-bond acceptors (Lipinski definition) is 5.